The summed E-state index contributed by atoms with van der Waals surface area (Å²) in [6, 6.07) is 57.3. The van der Waals surface area contributed by atoms with Crippen molar-refractivity contribution in [2.75, 3.05) is 0 Å². The molecule has 0 saturated heterocycles. The van der Waals surface area contributed by atoms with Gasteiger partial charge in [0.05, 0.1) is 33.8 Å². The summed E-state index contributed by atoms with van der Waals surface area (Å²) < 4.78 is 0. The molecule has 0 aliphatic rings. The van der Waals surface area contributed by atoms with Crippen LogP contribution in [0.3, 0.4) is 0 Å². The summed E-state index contributed by atoms with van der Waals surface area (Å²) in [7, 11) is 0. The van der Waals surface area contributed by atoms with Crippen LogP contribution >= 0.6 is 0 Å². The van der Waals surface area contributed by atoms with Gasteiger partial charge in [-0.05, 0) is 87.6 Å². The standard InChI is InChI=1S/C49H31N5/c1-2-9-42-33(5-1)6-4-10-43(42)39-7-3-8-40(29-39)45-20-18-38-16-15-37-17-19-44(53-48(37)49(38)54-45)34-13-11-32(12-14-34)41-30-46(35-21-25-50-26-22-35)52-47(31-41)36-23-27-51-28-24-36/h1-31H. The van der Waals surface area contributed by atoms with E-state index in [0.717, 1.165) is 78.0 Å². The van der Waals surface area contributed by atoms with Gasteiger partial charge in [-0.1, -0.05) is 109 Å². The molecule has 54 heavy (non-hydrogen) atoms. The van der Waals surface area contributed by atoms with Crippen molar-refractivity contribution >= 4 is 32.6 Å². The van der Waals surface area contributed by atoms with Gasteiger partial charge in [0, 0.05) is 57.8 Å². The Morgan fingerprint density at radius 2 is 0.796 bits per heavy atom. The van der Waals surface area contributed by atoms with Crippen LogP contribution < -0.4 is 0 Å². The first-order valence-corrected chi connectivity index (χ1v) is 18.0. The highest BCUT2D eigenvalue weighted by molar-refractivity contribution is 6.04. The van der Waals surface area contributed by atoms with E-state index in [1.54, 1.807) is 24.8 Å². The van der Waals surface area contributed by atoms with Crippen LogP contribution in [-0.2, 0) is 0 Å². The molecule has 5 heterocycles. The Bertz CT molecular complexity index is 2920. The quantitative estimate of drug-likeness (QED) is 0.163. The van der Waals surface area contributed by atoms with E-state index < -0.39 is 0 Å². The normalized spacial score (nSPS) is 11.3. The zero-order valence-electron chi connectivity index (χ0n) is 29.1. The lowest BCUT2D eigenvalue weighted by atomic mass is 9.96. The zero-order chi connectivity index (χ0) is 35.8. The fourth-order valence-corrected chi connectivity index (χ4v) is 7.28. The van der Waals surface area contributed by atoms with Gasteiger partial charge in [-0.3, -0.25) is 9.97 Å². The summed E-state index contributed by atoms with van der Waals surface area (Å²) in [5.74, 6) is 0. The lowest BCUT2D eigenvalue weighted by molar-refractivity contribution is 1.27. The van der Waals surface area contributed by atoms with E-state index in [4.69, 9.17) is 15.0 Å². The molecular formula is C49H31N5. The Labute approximate surface area is 312 Å². The predicted molar refractivity (Wildman–Crippen MR) is 221 cm³/mol. The minimum Gasteiger partial charge on any atom is -0.265 e. The molecule has 0 saturated carbocycles. The Hall–Kier alpha value is -7.37. The zero-order valence-corrected chi connectivity index (χ0v) is 29.1. The molecule has 0 aliphatic heterocycles. The second-order valence-corrected chi connectivity index (χ2v) is 13.4. The molecule has 5 nitrogen and oxygen atoms in total. The Balaban J connectivity index is 1.02. The molecule has 0 radical (unpaired) electrons. The molecular weight excluding hydrogens is 659 g/mol. The lowest BCUT2D eigenvalue weighted by Gasteiger charge is -2.11. The number of rotatable bonds is 6. The van der Waals surface area contributed by atoms with Gasteiger partial charge in [0.1, 0.15) is 0 Å². The maximum atomic E-state index is 5.25. The maximum Gasteiger partial charge on any atom is 0.0972 e. The summed E-state index contributed by atoms with van der Waals surface area (Å²) >= 11 is 0. The lowest BCUT2D eigenvalue weighted by Crippen LogP contribution is -1.92. The van der Waals surface area contributed by atoms with Gasteiger partial charge in [0.2, 0.25) is 0 Å². The van der Waals surface area contributed by atoms with Gasteiger partial charge in [-0.25, -0.2) is 15.0 Å². The topological polar surface area (TPSA) is 64.5 Å². The number of aromatic nitrogens is 5. The van der Waals surface area contributed by atoms with Crippen molar-refractivity contribution in [1.29, 1.82) is 0 Å². The van der Waals surface area contributed by atoms with Crippen molar-refractivity contribution < 1.29 is 0 Å². The van der Waals surface area contributed by atoms with Gasteiger partial charge >= 0.3 is 0 Å². The van der Waals surface area contributed by atoms with Gasteiger partial charge in [0.15, 0.2) is 0 Å². The third kappa shape index (κ3) is 5.84. The SMILES string of the molecule is c1cc(-c2ccc3ccc4ccc(-c5ccc(-c6cc(-c7ccncc7)nc(-c7ccncc7)c6)cc5)nc4c3n2)cc(-c2cccc3ccccc23)c1. The molecule has 0 unspecified atom stereocenters. The van der Waals surface area contributed by atoms with Gasteiger partial charge < -0.3 is 0 Å². The first-order chi connectivity index (χ1) is 26.7. The maximum absolute atomic E-state index is 5.25. The summed E-state index contributed by atoms with van der Waals surface area (Å²) in [6.45, 7) is 0. The number of fused-ring (bicyclic) bond motifs is 4. The van der Waals surface area contributed by atoms with Crippen LogP contribution in [0.25, 0.3) is 99.9 Å². The van der Waals surface area contributed by atoms with E-state index in [1.807, 2.05) is 24.3 Å². The van der Waals surface area contributed by atoms with E-state index in [-0.39, 0.29) is 0 Å². The number of pyridine rings is 5. The Morgan fingerprint density at radius 1 is 0.278 bits per heavy atom. The number of hydrogen-bond acceptors (Lipinski definition) is 5. The smallest absolute Gasteiger partial charge is 0.0972 e. The highest BCUT2D eigenvalue weighted by atomic mass is 14.8. The van der Waals surface area contributed by atoms with Gasteiger partial charge in [-0.2, -0.15) is 0 Å². The summed E-state index contributed by atoms with van der Waals surface area (Å²) in [4.78, 5) is 23.9. The molecule has 10 aromatic rings. The predicted octanol–water partition coefficient (Wildman–Crippen LogP) is 12.1. The molecule has 0 fully saturated rings. The number of hydrogen-bond donors (Lipinski definition) is 0. The van der Waals surface area contributed by atoms with E-state index in [9.17, 15) is 0 Å². The summed E-state index contributed by atoms with van der Waals surface area (Å²) in [5, 5.41) is 4.59. The minimum atomic E-state index is 0.888. The minimum absolute atomic E-state index is 0.888. The van der Waals surface area contributed by atoms with E-state index in [1.165, 1.54) is 21.9 Å². The molecule has 5 heteroatoms. The number of nitrogens with zero attached hydrogens (tertiary/aromatic N) is 5. The highest BCUT2D eigenvalue weighted by Crippen LogP contribution is 2.35. The average molecular weight is 690 g/mol. The molecule has 0 atom stereocenters. The fourth-order valence-electron chi connectivity index (χ4n) is 7.28. The van der Waals surface area contributed by atoms with E-state index >= 15 is 0 Å². The average Bonchev–Trinajstić information content (AvgIpc) is 3.26. The third-order valence-corrected chi connectivity index (χ3v) is 10.1. The second kappa shape index (κ2) is 13.3. The van der Waals surface area contributed by atoms with Crippen LogP contribution in [0.15, 0.2) is 189 Å². The van der Waals surface area contributed by atoms with Crippen LogP contribution in [0.5, 0.6) is 0 Å². The summed E-state index contributed by atoms with van der Waals surface area (Å²) in [5.41, 5.74) is 14.1. The monoisotopic (exact) mass is 689 g/mol. The van der Waals surface area contributed by atoms with Gasteiger partial charge in [0.25, 0.3) is 0 Å². The van der Waals surface area contributed by atoms with Crippen molar-refractivity contribution in [3.05, 3.63) is 189 Å². The van der Waals surface area contributed by atoms with E-state index in [2.05, 4.69) is 149 Å². The van der Waals surface area contributed by atoms with Crippen molar-refractivity contribution in [1.82, 2.24) is 24.9 Å². The first-order valence-electron chi connectivity index (χ1n) is 18.0. The molecule has 0 amide bonds. The van der Waals surface area contributed by atoms with Crippen LogP contribution in [0.2, 0.25) is 0 Å². The molecule has 0 spiro atoms. The second-order valence-electron chi connectivity index (χ2n) is 13.4. The van der Waals surface area contributed by atoms with Crippen molar-refractivity contribution in [2.45, 2.75) is 0 Å². The van der Waals surface area contributed by atoms with Crippen LogP contribution in [0.4, 0.5) is 0 Å². The Morgan fingerprint density at radius 3 is 1.46 bits per heavy atom. The van der Waals surface area contributed by atoms with Crippen LogP contribution in [-0.4, -0.2) is 24.9 Å². The molecule has 0 aliphatic carbocycles. The third-order valence-electron chi connectivity index (χ3n) is 10.1. The molecule has 0 bridgehead atoms. The Kier molecular flexibility index (Phi) is 7.73. The summed E-state index contributed by atoms with van der Waals surface area (Å²) in [6.07, 6.45) is 7.19. The van der Waals surface area contributed by atoms with Crippen LogP contribution in [0.1, 0.15) is 0 Å². The molecule has 10 rings (SSSR count). The fraction of sp³-hybridized carbons (Fsp3) is 0. The van der Waals surface area contributed by atoms with Crippen molar-refractivity contribution in [2.24, 2.45) is 0 Å². The molecule has 252 valence electrons. The highest BCUT2D eigenvalue weighted by Gasteiger charge is 2.13. The van der Waals surface area contributed by atoms with Gasteiger partial charge in [-0.15, -0.1) is 0 Å². The molecule has 0 N–H and O–H groups in total. The largest absolute Gasteiger partial charge is 0.265 e. The van der Waals surface area contributed by atoms with Crippen molar-refractivity contribution in [3.8, 4) is 67.3 Å². The van der Waals surface area contributed by atoms with Crippen LogP contribution in [0, 0.1) is 0 Å². The first kappa shape index (κ1) is 31.4. The molecule has 5 aromatic heterocycles. The molecule has 5 aromatic carbocycles. The van der Waals surface area contributed by atoms with Crippen molar-refractivity contribution in [3.63, 3.8) is 0 Å². The van der Waals surface area contributed by atoms with E-state index in [0.29, 0.717) is 0 Å². The number of benzene rings is 5.